The predicted octanol–water partition coefficient (Wildman–Crippen LogP) is 4.66. The molecule has 2 N–H and O–H groups in total. The molecular formula is C27H26BrN3O5. The number of benzene rings is 3. The van der Waals surface area contributed by atoms with Crippen LogP contribution in [-0.4, -0.2) is 30.9 Å². The molecule has 0 radical (unpaired) electrons. The Morgan fingerprint density at radius 3 is 2.58 bits per heavy atom. The van der Waals surface area contributed by atoms with E-state index in [-0.39, 0.29) is 18.6 Å². The van der Waals surface area contributed by atoms with Gasteiger partial charge in [0.15, 0.2) is 11.5 Å². The van der Waals surface area contributed by atoms with Gasteiger partial charge in [0.05, 0.1) is 10.7 Å². The van der Waals surface area contributed by atoms with Crippen molar-refractivity contribution >= 4 is 34.0 Å². The van der Waals surface area contributed by atoms with E-state index in [2.05, 4.69) is 31.8 Å². The van der Waals surface area contributed by atoms with Gasteiger partial charge in [0.25, 0.3) is 11.8 Å². The van der Waals surface area contributed by atoms with Crippen LogP contribution in [0.25, 0.3) is 0 Å². The molecule has 36 heavy (non-hydrogen) atoms. The predicted molar refractivity (Wildman–Crippen MR) is 139 cm³/mol. The highest BCUT2D eigenvalue weighted by Crippen LogP contribution is 2.32. The highest BCUT2D eigenvalue weighted by Gasteiger charge is 2.25. The van der Waals surface area contributed by atoms with Crippen LogP contribution >= 0.6 is 15.9 Å². The Hall–Kier alpha value is -3.85. The van der Waals surface area contributed by atoms with Crippen LogP contribution in [0.15, 0.2) is 76.3 Å². The topological polar surface area (TPSA) is 98.2 Å². The minimum atomic E-state index is -0.777. The lowest BCUT2D eigenvalue weighted by molar-refractivity contribution is -0.123. The van der Waals surface area contributed by atoms with Gasteiger partial charge in [-0.25, -0.2) is 5.43 Å². The average molecular weight is 552 g/mol. The fourth-order valence-electron chi connectivity index (χ4n) is 3.49. The third-order valence-electron chi connectivity index (χ3n) is 5.45. The molecule has 0 aromatic heterocycles. The normalized spacial score (nSPS) is 13.0. The molecule has 1 aliphatic rings. The second kappa shape index (κ2) is 11.7. The summed E-state index contributed by atoms with van der Waals surface area (Å²) < 4.78 is 17.2. The molecule has 9 heteroatoms. The first-order chi connectivity index (χ1) is 17.4. The molecule has 3 aromatic rings. The minimum Gasteiger partial charge on any atom is -0.488 e. The average Bonchev–Trinajstić information content (AvgIpc) is 3.35. The molecule has 0 fully saturated rings. The number of rotatable bonds is 9. The van der Waals surface area contributed by atoms with Gasteiger partial charge in [-0.05, 0) is 69.4 Å². The number of amides is 2. The maximum absolute atomic E-state index is 12.8. The molecule has 0 bridgehead atoms. The molecule has 1 unspecified atom stereocenters. The Morgan fingerprint density at radius 1 is 1.06 bits per heavy atom. The number of nitrogens with one attached hydrogen (secondary N) is 2. The van der Waals surface area contributed by atoms with E-state index in [0.717, 1.165) is 15.6 Å². The van der Waals surface area contributed by atoms with Crippen LogP contribution in [0.2, 0.25) is 0 Å². The maximum atomic E-state index is 12.8. The van der Waals surface area contributed by atoms with Crippen molar-refractivity contribution in [2.75, 3.05) is 6.79 Å². The molecule has 1 atom stereocenters. The zero-order chi connectivity index (χ0) is 25.5. The van der Waals surface area contributed by atoms with Crippen molar-refractivity contribution in [1.82, 2.24) is 10.7 Å². The van der Waals surface area contributed by atoms with Gasteiger partial charge in [0.2, 0.25) is 6.79 Å². The minimum absolute atomic E-state index is 0.120. The van der Waals surface area contributed by atoms with Crippen molar-refractivity contribution in [3.63, 3.8) is 0 Å². The monoisotopic (exact) mass is 551 g/mol. The second-order valence-electron chi connectivity index (χ2n) is 8.46. The number of carbonyl (C=O) groups is 2. The highest BCUT2D eigenvalue weighted by molar-refractivity contribution is 9.10. The van der Waals surface area contributed by atoms with Gasteiger partial charge in [-0.1, -0.05) is 44.2 Å². The Morgan fingerprint density at radius 2 is 1.83 bits per heavy atom. The third kappa shape index (κ3) is 6.42. The van der Waals surface area contributed by atoms with Gasteiger partial charge >= 0.3 is 0 Å². The van der Waals surface area contributed by atoms with Gasteiger partial charge in [0, 0.05) is 5.56 Å². The van der Waals surface area contributed by atoms with Crippen LogP contribution in [0.4, 0.5) is 0 Å². The van der Waals surface area contributed by atoms with E-state index < -0.39 is 11.9 Å². The molecular weight excluding hydrogens is 526 g/mol. The highest BCUT2D eigenvalue weighted by atomic mass is 79.9. The van der Waals surface area contributed by atoms with Crippen LogP contribution in [0, 0.1) is 5.92 Å². The van der Waals surface area contributed by atoms with E-state index in [1.807, 2.05) is 62.4 Å². The summed E-state index contributed by atoms with van der Waals surface area (Å²) >= 11 is 3.51. The molecule has 1 aliphatic heterocycles. The van der Waals surface area contributed by atoms with Gasteiger partial charge in [-0.3, -0.25) is 9.59 Å². The van der Waals surface area contributed by atoms with Crippen molar-refractivity contribution in [3.8, 4) is 17.2 Å². The van der Waals surface area contributed by atoms with Crippen LogP contribution < -0.4 is 25.0 Å². The summed E-state index contributed by atoms with van der Waals surface area (Å²) in [4.78, 5) is 25.5. The Bertz CT molecular complexity index is 1260. The first-order valence-corrected chi connectivity index (χ1v) is 12.2. The lowest BCUT2D eigenvalue weighted by Gasteiger charge is -2.20. The third-order valence-corrected chi connectivity index (χ3v) is 6.07. The number of nitrogens with zero attached hydrogens (tertiary/aromatic N) is 1. The van der Waals surface area contributed by atoms with Crippen LogP contribution in [0.1, 0.15) is 35.3 Å². The van der Waals surface area contributed by atoms with Crippen molar-refractivity contribution in [1.29, 1.82) is 0 Å². The summed E-state index contributed by atoms with van der Waals surface area (Å²) in [6, 6.07) is 19.5. The number of hydrazone groups is 1. The molecule has 186 valence electrons. The van der Waals surface area contributed by atoms with Crippen LogP contribution in [0.5, 0.6) is 17.2 Å². The quantitative estimate of drug-likeness (QED) is 0.297. The van der Waals surface area contributed by atoms with E-state index in [9.17, 15) is 9.59 Å². The first kappa shape index (κ1) is 25.2. The Balaban J connectivity index is 1.33. The largest absolute Gasteiger partial charge is 0.488 e. The zero-order valence-corrected chi connectivity index (χ0v) is 21.4. The van der Waals surface area contributed by atoms with E-state index in [0.29, 0.717) is 29.4 Å². The van der Waals surface area contributed by atoms with Crippen molar-refractivity contribution in [3.05, 3.63) is 87.9 Å². The number of fused-ring (bicyclic) bond motifs is 1. The lowest BCUT2D eigenvalue weighted by atomic mass is 10.0. The maximum Gasteiger partial charge on any atom is 0.262 e. The standard InChI is InChI=1S/C27H26BrN3O5/c1-17(2)25(30-26(32)20-9-11-23-24(13-20)36-16-35-23)27(33)31-29-14-19-8-10-22(21(28)12-19)34-15-18-6-4-3-5-7-18/h3-14,17,25H,15-16H2,1-2H3,(H,30,32)(H,31,33)/b29-14+. The number of ether oxygens (including phenoxy) is 3. The second-order valence-corrected chi connectivity index (χ2v) is 9.32. The molecule has 0 saturated heterocycles. The summed E-state index contributed by atoms with van der Waals surface area (Å²) in [7, 11) is 0. The van der Waals surface area contributed by atoms with Crippen LogP contribution in [0.3, 0.4) is 0 Å². The molecule has 4 rings (SSSR count). The van der Waals surface area contributed by atoms with E-state index >= 15 is 0 Å². The summed E-state index contributed by atoms with van der Waals surface area (Å²) in [5.74, 6) is 0.819. The summed E-state index contributed by atoms with van der Waals surface area (Å²) in [5.41, 5.74) is 4.73. The van der Waals surface area contributed by atoms with Gasteiger partial charge in [-0.15, -0.1) is 0 Å². The summed E-state index contributed by atoms with van der Waals surface area (Å²) in [6.45, 7) is 4.27. The van der Waals surface area contributed by atoms with Crippen molar-refractivity contribution in [2.24, 2.45) is 11.0 Å². The van der Waals surface area contributed by atoms with E-state index in [1.165, 1.54) is 6.21 Å². The molecule has 1 heterocycles. The zero-order valence-electron chi connectivity index (χ0n) is 19.9. The Kier molecular flexibility index (Phi) is 8.22. The molecule has 0 aliphatic carbocycles. The lowest BCUT2D eigenvalue weighted by Crippen LogP contribution is -2.48. The smallest absolute Gasteiger partial charge is 0.262 e. The molecule has 0 saturated carbocycles. The molecule has 0 spiro atoms. The van der Waals surface area contributed by atoms with Gasteiger partial charge < -0.3 is 19.5 Å². The summed E-state index contributed by atoms with van der Waals surface area (Å²) in [6.07, 6.45) is 1.53. The van der Waals surface area contributed by atoms with E-state index in [1.54, 1.807) is 18.2 Å². The van der Waals surface area contributed by atoms with Gasteiger partial charge in [-0.2, -0.15) is 5.10 Å². The number of hydrogen-bond donors (Lipinski definition) is 2. The fourth-order valence-corrected chi connectivity index (χ4v) is 4.00. The van der Waals surface area contributed by atoms with Gasteiger partial charge in [0.1, 0.15) is 18.4 Å². The number of halogens is 1. The van der Waals surface area contributed by atoms with Crippen molar-refractivity contribution < 1.29 is 23.8 Å². The fraction of sp³-hybridized carbons (Fsp3) is 0.222. The first-order valence-electron chi connectivity index (χ1n) is 11.4. The molecule has 2 amide bonds. The molecule has 8 nitrogen and oxygen atoms in total. The van der Waals surface area contributed by atoms with Crippen molar-refractivity contribution in [2.45, 2.75) is 26.5 Å². The van der Waals surface area contributed by atoms with E-state index in [4.69, 9.17) is 14.2 Å². The summed E-state index contributed by atoms with van der Waals surface area (Å²) in [5, 5.41) is 6.83. The molecule has 3 aromatic carbocycles. The SMILES string of the molecule is CC(C)C(NC(=O)c1ccc2c(c1)OCO2)C(=O)N/N=C/c1ccc(OCc2ccccc2)c(Br)c1. The number of carbonyl (C=O) groups excluding carboxylic acids is 2. The Labute approximate surface area is 217 Å². The van der Waals surface area contributed by atoms with Crippen LogP contribution in [-0.2, 0) is 11.4 Å². The number of hydrogen-bond acceptors (Lipinski definition) is 6.